The fourth-order valence-corrected chi connectivity index (χ4v) is 2.09. The lowest BCUT2D eigenvalue weighted by Gasteiger charge is -2.09. The van der Waals surface area contributed by atoms with Gasteiger partial charge < -0.3 is 5.32 Å². The number of fused-ring (bicyclic) bond motifs is 1. The topological polar surface area (TPSA) is 12.0 Å². The Kier molecular flexibility index (Phi) is 4.43. The van der Waals surface area contributed by atoms with Crippen molar-refractivity contribution >= 4 is 16.5 Å². The third kappa shape index (κ3) is 3.23. The van der Waals surface area contributed by atoms with E-state index >= 15 is 0 Å². The van der Waals surface area contributed by atoms with Gasteiger partial charge in [0.1, 0.15) is 0 Å². The van der Waals surface area contributed by atoms with Gasteiger partial charge in [-0.3, -0.25) is 0 Å². The molecular formula is C16H20N. The van der Waals surface area contributed by atoms with Crippen LogP contribution < -0.4 is 5.32 Å². The van der Waals surface area contributed by atoms with Gasteiger partial charge in [-0.05, 0) is 30.0 Å². The summed E-state index contributed by atoms with van der Waals surface area (Å²) in [5, 5.41) is 6.08. The second kappa shape index (κ2) is 6.29. The molecule has 1 nitrogen and oxygen atoms in total. The predicted octanol–water partition coefficient (Wildman–Crippen LogP) is 4.63. The van der Waals surface area contributed by atoms with Gasteiger partial charge in [-0.2, -0.15) is 0 Å². The first-order valence-electron chi connectivity index (χ1n) is 6.54. The molecule has 0 saturated heterocycles. The number of hydrogen-bond donors (Lipinski definition) is 1. The molecule has 1 N–H and O–H groups in total. The summed E-state index contributed by atoms with van der Waals surface area (Å²) in [4.78, 5) is 0. The van der Waals surface area contributed by atoms with Crippen molar-refractivity contribution in [2.75, 3.05) is 11.9 Å². The Labute approximate surface area is 104 Å². The molecule has 2 aromatic carbocycles. The average Bonchev–Trinajstić information content (AvgIpc) is 2.39. The van der Waals surface area contributed by atoms with Crippen molar-refractivity contribution in [1.29, 1.82) is 0 Å². The second-order valence-corrected chi connectivity index (χ2v) is 4.44. The van der Waals surface area contributed by atoms with E-state index < -0.39 is 0 Å². The molecule has 17 heavy (non-hydrogen) atoms. The summed E-state index contributed by atoms with van der Waals surface area (Å²) in [6.07, 6.45) is 5.20. The quantitative estimate of drug-likeness (QED) is 0.708. The van der Waals surface area contributed by atoms with Crippen molar-refractivity contribution < 1.29 is 0 Å². The predicted molar refractivity (Wildman–Crippen MR) is 75.4 cm³/mol. The average molecular weight is 226 g/mol. The Morgan fingerprint density at radius 1 is 1.12 bits per heavy atom. The van der Waals surface area contributed by atoms with Crippen LogP contribution in [0, 0.1) is 6.07 Å². The normalized spacial score (nSPS) is 10.6. The van der Waals surface area contributed by atoms with Gasteiger partial charge in [0, 0.05) is 17.6 Å². The van der Waals surface area contributed by atoms with Crippen LogP contribution in [0.4, 0.5) is 5.69 Å². The van der Waals surface area contributed by atoms with Gasteiger partial charge in [-0.15, -0.1) is 0 Å². The highest BCUT2D eigenvalue weighted by molar-refractivity contribution is 5.93. The molecule has 0 aromatic heterocycles. The van der Waals surface area contributed by atoms with E-state index in [4.69, 9.17) is 0 Å². The molecule has 0 aliphatic heterocycles. The fraction of sp³-hybridized carbons (Fsp3) is 0.375. The standard InChI is InChI=1S/C16H20N/c1-2-3-4-7-13-17-16-12-8-10-14-9-5-6-11-15(14)16/h5,8-12,17H,2-4,7,13H2,1H3. The zero-order valence-electron chi connectivity index (χ0n) is 10.5. The number of unbranched alkanes of at least 4 members (excludes halogenated alkanes) is 3. The molecule has 0 bridgehead atoms. The van der Waals surface area contributed by atoms with E-state index in [2.05, 4.69) is 48.6 Å². The highest BCUT2D eigenvalue weighted by Crippen LogP contribution is 2.22. The van der Waals surface area contributed by atoms with Crippen LogP contribution >= 0.6 is 0 Å². The summed E-state index contributed by atoms with van der Waals surface area (Å²) in [6, 6.07) is 15.7. The van der Waals surface area contributed by atoms with Crippen LogP contribution in [-0.4, -0.2) is 6.54 Å². The maximum atomic E-state index is 3.53. The molecule has 0 fully saturated rings. The molecule has 0 aliphatic rings. The van der Waals surface area contributed by atoms with Gasteiger partial charge >= 0.3 is 0 Å². The van der Waals surface area contributed by atoms with Crippen LogP contribution in [0.5, 0.6) is 0 Å². The van der Waals surface area contributed by atoms with Crippen molar-refractivity contribution in [2.24, 2.45) is 0 Å². The molecule has 1 radical (unpaired) electrons. The molecule has 0 atom stereocenters. The van der Waals surface area contributed by atoms with Crippen molar-refractivity contribution in [1.82, 2.24) is 0 Å². The molecule has 2 aromatic rings. The third-order valence-electron chi connectivity index (χ3n) is 3.07. The van der Waals surface area contributed by atoms with Crippen molar-refractivity contribution in [3.8, 4) is 0 Å². The first-order valence-corrected chi connectivity index (χ1v) is 6.54. The smallest absolute Gasteiger partial charge is 0.0420 e. The minimum absolute atomic E-state index is 1.06. The molecule has 0 amide bonds. The van der Waals surface area contributed by atoms with E-state index in [9.17, 15) is 0 Å². The Morgan fingerprint density at radius 2 is 2.06 bits per heavy atom. The molecule has 0 heterocycles. The number of rotatable bonds is 6. The molecule has 0 unspecified atom stereocenters. The lowest BCUT2D eigenvalue weighted by atomic mass is 10.1. The van der Waals surface area contributed by atoms with Crippen LogP contribution in [-0.2, 0) is 0 Å². The molecule has 0 spiro atoms. The largest absolute Gasteiger partial charge is 0.385 e. The Morgan fingerprint density at radius 3 is 2.94 bits per heavy atom. The minimum Gasteiger partial charge on any atom is -0.385 e. The first kappa shape index (κ1) is 12.0. The lowest BCUT2D eigenvalue weighted by Crippen LogP contribution is -2.01. The SMILES string of the molecule is CCCCCCNc1cccc2cc[c]cc12. The highest BCUT2D eigenvalue weighted by Gasteiger charge is 1.98. The molecule has 0 aliphatic carbocycles. The van der Waals surface area contributed by atoms with Crippen LogP contribution in [0.25, 0.3) is 10.8 Å². The van der Waals surface area contributed by atoms with Crippen LogP contribution in [0.1, 0.15) is 32.6 Å². The number of anilines is 1. The molecule has 89 valence electrons. The molecule has 2 rings (SSSR count). The Balaban J connectivity index is 1.98. The van der Waals surface area contributed by atoms with Crippen molar-refractivity contribution in [3.63, 3.8) is 0 Å². The van der Waals surface area contributed by atoms with Crippen LogP contribution in [0.3, 0.4) is 0 Å². The summed E-state index contributed by atoms with van der Waals surface area (Å²) in [6.45, 7) is 3.31. The Bertz CT molecular complexity index is 457. The lowest BCUT2D eigenvalue weighted by molar-refractivity contribution is 0.685. The monoisotopic (exact) mass is 226 g/mol. The zero-order chi connectivity index (χ0) is 11.9. The van der Waals surface area contributed by atoms with Gasteiger partial charge in [0.2, 0.25) is 0 Å². The van der Waals surface area contributed by atoms with Crippen molar-refractivity contribution in [3.05, 3.63) is 42.5 Å². The number of hydrogen-bond acceptors (Lipinski definition) is 1. The summed E-state index contributed by atoms with van der Waals surface area (Å²) < 4.78 is 0. The number of benzene rings is 2. The van der Waals surface area contributed by atoms with Gasteiger partial charge in [0.25, 0.3) is 0 Å². The van der Waals surface area contributed by atoms with E-state index in [0.717, 1.165) is 6.54 Å². The van der Waals surface area contributed by atoms with Crippen LogP contribution in [0.15, 0.2) is 36.4 Å². The first-order chi connectivity index (χ1) is 8.42. The van der Waals surface area contributed by atoms with Gasteiger partial charge in [0.05, 0.1) is 0 Å². The van der Waals surface area contributed by atoms with Crippen LogP contribution in [0.2, 0.25) is 0 Å². The third-order valence-corrected chi connectivity index (χ3v) is 3.07. The molecule has 0 saturated carbocycles. The zero-order valence-corrected chi connectivity index (χ0v) is 10.5. The van der Waals surface area contributed by atoms with Gasteiger partial charge in [0.15, 0.2) is 0 Å². The molecule has 1 heteroatoms. The molecular weight excluding hydrogens is 206 g/mol. The van der Waals surface area contributed by atoms with Gasteiger partial charge in [-0.25, -0.2) is 0 Å². The van der Waals surface area contributed by atoms with Gasteiger partial charge in [-0.1, -0.05) is 50.5 Å². The summed E-state index contributed by atoms with van der Waals surface area (Å²) in [7, 11) is 0. The highest BCUT2D eigenvalue weighted by atomic mass is 14.9. The van der Waals surface area contributed by atoms with E-state index in [-0.39, 0.29) is 0 Å². The minimum atomic E-state index is 1.06. The maximum absolute atomic E-state index is 3.53. The summed E-state index contributed by atoms with van der Waals surface area (Å²) in [5.74, 6) is 0. The van der Waals surface area contributed by atoms with E-state index in [1.54, 1.807) is 0 Å². The maximum Gasteiger partial charge on any atom is 0.0420 e. The van der Waals surface area contributed by atoms with E-state index in [0.29, 0.717) is 0 Å². The number of nitrogens with one attached hydrogen (secondary N) is 1. The Hall–Kier alpha value is -1.50. The summed E-state index contributed by atoms with van der Waals surface area (Å²) >= 11 is 0. The second-order valence-electron chi connectivity index (χ2n) is 4.44. The van der Waals surface area contributed by atoms with E-state index in [1.807, 2.05) is 6.07 Å². The van der Waals surface area contributed by atoms with Crippen molar-refractivity contribution in [2.45, 2.75) is 32.6 Å². The van der Waals surface area contributed by atoms with E-state index in [1.165, 1.54) is 42.1 Å². The fourth-order valence-electron chi connectivity index (χ4n) is 2.09. The summed E-state index contributed by atoms with van der Waals surface area (Å²) in [5.41, 5.74) is 1.23.